The minimum atomic E-state index is -0.428. The van der Waals surface area contributed by atoms with Crippen LogP contribution in [0.3, 0.4) is 0 Å². The van der Waals surface area contributed by atoms with Crippen molar-refractivity contribution in [1.29, 1.82) is 0 Å². The third-order valence-electron chi connectivity index (χ3n) is 5.83. The number of fused-ring (bicyclic) bond motifs is 1. The van der Waals surface area contributed by atoms with Gasteiger partial charge in [-0.3, -0.25) is 14.6 Å². The fourth-order valence-corrected chi connectivity index (χ4v) is 5.53. The van der Waals surface area contributed by atoms with E-state index in [0.29, 0.717) is 23.2 Å². The van der Waals surface area contributed by atoms with E-state index < -0.39 is 5.97 Å². The Bertz CT molecular complexity index is 896. The summed E-state index contributed by atoms with van der Waals surface area (Å²) in [5.41, 5.74) is 2.21. The largest absolute Gasteiger partial charge is 0.465 e. The number of thiophene rings is 1. The van der Waals surface area contributed by atoms with Crippen LogP contribution in [0.4, 0.5) is 5.00 Å². The van der Waals surface area contributed by atoms with Crippen LogP contribution in [0.2, 0.25) is 0 Å². The Balaban J connectivity index is 1.52. The van der Waals surface area contributed by atoms with Gasteiger partial charge in [-0.05, 0) is 31.9 Å². The van der Waals surface area contributed by atoms with Crippen molar-refractivity contribution in [3.8, 4) is 11.1 Å². The van der Waals surface area contributed by atoms with Gasteiger partial charge in [0.15, 0.2) is 0 Å². The van der Waals surface area contributed by atoms with Gasteiger partial charge in [0.25, 0.3) is 0 Å². The lowest BCUT2D eigenvalue weighted by atomic mass is 10.0. The minimum Gasteiger partial charge on any atom is -0.465 e. The zero-order valence-electron chi connectivity index (χ0n) is 16.9. The van der Waals surface area contributed by atoms with E-state index in [0.717, 1.165) is 35.6 Å². The number of anilines is 1. The minimum absolute atomic E-state index is 0.0811. The molecule has 6 nitrogen and oxygen atoms in total. The number of hydrogen-bond donors (Lipinski definition) is 1. The van der Waals surface area contributed by atoms with Crippen molar-refractivity contribution < 1.29 is 14.3 Å². The first-order chi connectivity index (χ1) is 14.1. The Labute approximate surface area is 175 Å². The highest BCUT2D eigenvalue weighted by molar-refractivity contribution is 7.17. The molecule has 1 aromatic heterocycles. The Morgan fingerprint density at radius 2 is 2.00 bits per heavy atom. The number of rotatable bonds is 5. The Morgan fingerprint density at radius 3 is 2.76 bits per heavy atom. The fraction of sp³-hybridized carbons (Fsp3) is 0.455. The molecular weight excluding hydrogens is 386 g/mol. The van der Waals surface area contributed by atoms with Gasteiger partial charge in [-0.15, -0.1) is 11.3 Å². The number of carbonyl (C=O) groups is 2. The molecule has 1 N–H and O–H groups in total. The lowest BCUT2D eigenvalue weighted by Crippen LogP contribution is -2.51. The Morgan fingerprint density at radius 1 is 1.21 bits per heavy atom. The molecule has 0 aliphatic carbocycles. The number of ether oxygens (including phenoxy) is 1. The van der Waals surface area contributed by atoms with E-state index in [1.54, 1.807) is 0 Å². The van der Waals surface area contributed by atoms with Gasteiger partial charge in [0.1, 0.15) is 10.6 Å². The molecule has 1 unspecified atom stereocenters. The fourth-order valence-electron chi connectivity index (χ4n) is 4.45. The van der Waals surface area contributed by atoms with Crippen LogP contribution in [0, 0.1) is 6.92 Å². The van der Waals surface area contributed by atoms with E-state index in [2.05, 4.69) is 15.1 Å². The van der Waals surface area contributed by atoms with Crippen molar-refractivity contribution >= 4 is 28.2 Å². The summed E-state index contributed by atoms with van der Waals surface area (Å²) in [6.45, 7) is 6.38. The van der Waals surface area contributed by atoms with E-state index in [4.69, 9.17) is 4.74 Å². The monoisotopic (exact) mass is 413 g/mol. The molecule has 2 aliphatic rings. The predicted octanol–water partition coefficient (Wildman–Crippen LogP) is 3.23. The second-order valence-corrected chi connectivity index (χ2v) is 8.94. The van der Waals surface area contributed by atoms with E-state index >= 15 is 0 Å². The number of nitrogens with one attached hydrogen (secondary N) is 1. The summed E-state index contributed by atoms with van der Waals surface area (Å²) in [4.78, 5) is 31.1. The second kappa shape index (κ2) is 8.65. The molecule has 7 heteroatoms. The van der Waals surface area contributed by atoms with Crippen LogP contribution >= 0.6 is 11.3 Å². The third-order valence-corrected chi connectivity index (χ3v) is 6.85. The number of carbonyl (C=O) groups excluding carboxylic acids is 2. The standard InChI is InChI=1S/C22H27N3O3S/c1-15-19(16-7-4-3-5-8-16)20(22(27)28-2)21(29-15)23-18(26)14-24-11-12-25-10-6-9-17(25)13-24/h3-5,7-8,17H,6,9-14H2,1-2H3,(H,23,26). The first kappa shape index (κ1) is 20.1. The van der Waals surface area contributed by atoms with Crippen molar-refractivity contribution in [3.63, 3.8) is 0 Å². The van der Waals surface area contributed by atoms with E-state index in [9.17, 15) is 9.59 Å². The molecule has 0 radical (unpaired) electrons. The Hall–Kier alpha value is -2.22. The van der Waals surface area contributed by atoms with Gasteiger partial charge in [-0.2, -0.15) is 0 Å². The molecule has 2 aromatic rings. The van der Waals surface area contributed by atoms with Crippen molar-refractivity contribution in [1.82, 2.24) is 9.80 Å². The maximum atomic E-state index is 12.8. The van der Waals surface area contributed by atoms with Crippen LogP contribution in [0.15, 0.2) is 30.3 Å². The highest BCUT2D eigenvalue weighted by atomic mass is 32.1. The van der Waals surface area contributed by atoms with E-state index in [1.165, 1.54) is 37.8 Å². The van der Waals surface area contributed by atoms with E-state index in [-0.39, 0.29) is 5.91 Å². The van der Waals surface area contributed by atoms with Crippen LogP contribution in [-0.4, -0.2) is 67.6 Å². The Kier molecular flexibility index (Phi) is 5.99. The van der Waals surface area contributed by atoms with Gasteiger partial charge in [-0.25, -0.2) is 4.79 Å². The van der Waals surface area contributed by atoms with Gasteiger partial charge < -0.3 is 10.1 Å². The molecule has 2 saturated heterocycles. The average Bonchev–Trinajstić information content (AvgIpc) is 3.31. The van der Waals surface area contributed by atoms with Gasteiger partial charge in [0.2, 0.25) is 5.91 Å². The van der Waals surface area contributed by atoms with Crippen molar-refractivity contribution in [2.75, 3.05) is 45.2 Å². The van der Waals surface area contributed by atoms with Crippen LogP contribution in [-0.2, 0) is 9.53 Å². The summed E-state index contributed by atoms with van der Waals surface area (Å²) < 4.78 is 5.03. The van der Waals surface area contributed by atoms with Gasteiger partial charge in [0, 0.05) is 36.1 Å². The van der Waals surface area contributed by atoms with Gasteiger partial charge >= 0.3 is 5.97 Å². The number of aryl methyl sites for hydroxylation is 1. The number of methoxy groups -OCH3 is 1. The molecule has 4 rings (SSSR count). The molecule has 0 spiro atoms. The third kappa shape index (κ3) is 4.22. The van der Waals surface area contributed by atoms with Crippen LogP contribution in [0.5, 0.6) is 0 Å². The highest BCUT2D eigenvalue weighted by Crippen LogP contribution is 2.40. The molecule has 1 aromatic carbocycles. The van der Waals surface area contributed by atoms with Crippen molar-refractivity contribution in [3.05, 3.63) is 40.8 Å². The van der Waals surface area contributed by atoms with E-state index in [1.807, 2.05) is 37.3 Å². The molecule has 2 aliphatic heterocycles. The highest BCUT2D eigenvalue weighted by Gasteiger charge is 2.31. The zero-order valence-corrected chi connectivity index (χ0v) is 17.8. The molecule has 1 amide bonds. The van der Waals surface area contributed by atoms with Crippen molar-refractivity contribution in [2.24, 2.45) is 0 Å². The maximum Gasteiger partial charge on any atom is 0.341 e. The lowest BCUT2D eigenvalue weighted by molar-refractivity contribution is -0.117. The smallest absolute Gasteiger partial charge is 0.341 e. The summed E-state index contributed by atoms with van der Waals surface area (Å²) >= 11 is 1.43. The number of esters is 1. The summed E-state index contributed by atoms with van der Waals surface area (Å²) in [6, 6.07) is 10.3. The molecular formula is C22H27N3O3S. The number of nitrogens with zero attached hydrogens (tertiary/aromatic N) is 2. The quantitative estimate of drug-likeness (QED) is 0.763. The first-order valence-electron chi connectivity index (χ1n) is 10.1. The number of amides is 1. The topological polar surface area (TPSA) is 61.9 Å². The molecule has 3 heterocycles. The average molecular weight is 414 g/mol. The zero-order chi connectivity index (χ0) is 20.4. The summed E-state index contributed by atoms with van der Waals surface area (Å²) in [5, 5.41) is 3.55. The van der Waals surface area contributed by atoms with Crippen LogP contribution in [0.25, 0.3) is 11.1 Å². The first-order valence-corrected chi connectivity index (χ1v) is 10.9. The molecule has 2 fully saturated rings. The van der Waals surface area contributed by atoms with Crippen LogP contribution in [0.1, 0.15) is 28.1 Å². The maximum absolute atomic E-state index is 12.8. The van der Waals surface area contributed by atoms with Crippen molar-refractivity contribution in [2.45, 2.75) is 25.8 Å². The predicted molar refractivity (Wildman–Crippen MR) is 115 cm³/mol. The molecule has 29 heavy (non-hydrogen) atoms. The van der Waals surface area contributed by atoms with Gasteiger partial charge in [0.05, 0.1) is 13.7 Å². The molecule has 1 atom stereocenters. The number of benzene rings is 1. The summed E-state index contributed by atoms with van der Waals surface area (Å²) in [6.07, 6.45) is 2.47. The molecule has 0 bridgehead atoms. The van der Waals surface area contributed by atoms with Crippen LogP contribution < -0.4 is 5.32 Å². The second-order valence-electron chi connectivity index (χ2n) is 7.71. The van der Waals surface area contributed by atoms with Gasteiger partial charge in [-0.1, -0.05) is 30.3 Å². The number of hydrogen-bond acceptors (Lipinski definition) is 6. The molecule has 154 valence electrons. The molecule has 0 saturated carbocycles. The normalized spacial score (nSPS) is 19.7. The summed E-state index contributed by atoms with van der Waals surface area (Å²) in [5.74, 6) is -0.509. The SMILES string of the molecule is COC(=O)c1c(NC(=O)CN2CCN3CCCC3C2)sc(C)c1-c1ccccc1. The number of piperazine rings is 1. The summed E-state index contributed by atoms with van der Waals surface area (Å²) in [7, 11) is 1.37. The lowest BCUT2D eigenvalue weighted by Gasteiger charge is -2.37.